The summed E-state index contributed by atoms with van der Waals surface area (Å²) >= 11 is 0. The van der Waals surface area contributed by atoms with Crippen LogP contribution in [0.4, 0.5) is 14.5 Å². The van der Waals surface area contributed by atoms with Crippen molar-refractivity contribution in [2.45, 2.75) is 25.8 Å². The van der Waals surface area contributed by atoms with Gasteiger partial charge in [0, 0.05) is 31.7 Å². The molecule has 1 amide bonds. The Hall–Kier alpha value is -1.69. The molecule has 116 valence electrons. The molecule has 1 aromatic carbocycles. The summed E-state index contributed by atoms with van der Waals surface area (Å²) in [4.78, 5) is 16.2. The minimum Gasteiger partial charge on any atom is -0.394 e. The summed E-state index contributed by atoms with van der Waals surface area (Å²) in [6.45, 7) is 4.97. The van der Waals surface area contributed by atoms with Gasteiger partial charge in [-0.2, -0.15) is 0 Å². The highest BCUT2D eigenvalue weighted by molar-refractivity contribution is 5.94. The maximum Gasteiger partial charge on any atom is 0.254 e. The summed E-state index contributed by atoms with van der Waals surface area (Å²) in [6, 6.07) is 2.10. The van der Waals surface area contributed by atoms with Crippen LogP contribution in [0.25, 0.3) is 0 Å². The smallest absolute Gasteiger partial charge is 0.254 e. The molecule has 0 bridgehead atoms. The number of halogens is 2. The van der Waals surface area contributed by atoms with Gasteiger partial charge in [0.05, 0.1) is 0 Å². The summed E-state index contributed by atoms with van der Waals surface area (Å²) < 4.78 is 26.9. The van der Waals surface area contributed by atoms with Crippen LogP contribution >= 0.6 is 0 Å². The third-order valence-corrected chi connectivity index (χ3v) is 4.20. The lowest BCUT2D eigenvalue weighted by Crippen LogP contribution is -2.45. The highest BCUT2D eigenvalue weighted by atomic mass is 19.1. The first-order chi connectivity index (χ1) is 9.93. The Kier molecular flexibility index (Phi) is 4.77. The van der Waals surface area contributed by atoms with Crippen molar-refractivity contribution in [2.75, 3.05) is 32.4 Å². The molecule has 21 heavy (non-hydrogen) atoms. The highest BCUT2D eigenvalue weighted by Gasteiger charge is 2.26. The van der Waals surface area contributed by atoms with E-state index in [1.54, 1.807) is 11.9 Å². The Balaban J connectivity index is 2.09. The number of nitrogens with zero attached hydrogens (tertiary/aromatic N) is 2. The number of carbonyl (C=O) groups is 1. The number of nitrogen functional groups attached to an aromatic ring is 1. The summed E-state index contributed by atoms with van der Waals surface area (Å²) in [6.07, 6.45) is 1.74. The Morgan fingerprint density at radius 1 is 1.33 bits per heavy atom. The number of benzene rings is 1. The Labute approximate surface area is 123 Å². The molecular formula is C15H21F2N3O. The fourth-order valence-corrected chi connectivity index (χ4v) is 2.70. The minimum absolute atomic E-state index is 0.000351. The SMILES string of the molecule is CCN1CCC(N(C)C(=O)c2cc(F)c(N)c(F)c2)CC1. The van der Waals surface area contributed by atoms with Gasteiger partial charge in [-0.1, -0.05) is 6.92 Å². The maximum atomic E-state index is 13.5. The number of anilines is 1. The molecule has 0 spiro atoms. The lowest BCUT2D eigenvalue weighted by molar-refractivity contribution is 0.0646. The molecular weight excluding hydrogens is 276 g/mol. The van der Waals surface area contributed by atoms with Crippen molar-refractivity contribution in [3.8, 4) is 0 Å². The van der Waals surface area contributed by atoms with Gasteiger partial charge in [-0.05, 0) is 31.5 Å². The number of likely N-dealkylation sites (tertiary alicyclic amines) is 1. The predicted octanol–water partition coefficient (Wildman–Crippen LogP) is 2.10. The van der Waals surface area contributed by atoms with E-state index >= 15 is 0 Å². The third kappa shape index (κ3) is 3.32. The summed E-state index contributed by atoms with van der Waals surface area (Å²) in [5.74, 6) is -2.16. The number of hydrogen-bond acceptors (Lipinski definition) is 3. The van der Waals surface area contributed by atoms with Gasteiger partial charge in [-0.15, -0.1) is 0 Å². The van der Waals surface area contributed by atoms with Crippen LogP contribution in [0.1, 0.15) is 30.1 Å². The molecule has 0 atom stereocenters. The summed E-state index contributed by atoms with van der Waals surface area (Å²) in [5.41, 5.74) is 4.67. The molecule has 0 unspecified atom stereocenters. The van der Waals surface area contributed by atoms with Crippen LogP contribution in [0.15, 0.2) is 12.1 Å². The van der Waals surface area contributed by atoms with Crippen molar-refractivity contribution in [1.82, 2.24) is 9.80 Å². The number of piperidine rings is 1. The number of rotatable bonds is 3. The van der Waals surface area contributed by atoms with Gasteiger partial charge < -0.3 is 15.5 Å². The van der Waals surface area contributed by atoms with E-state index < -0.39 is 17.3 Å². The van der Waals surface area contributed by atoms with Crippen molar-refractivity contribution in [2.24, 2.45) is 0 Å². The second-order valence-electron chi connectivity index (χ2n) is 5.44. The Morgan fingerprint density at radius 3 is 2.33 bits per heavy atom. The van der Waals surface area contributed by atoms with Crippen LogP contribution in [0, 0.1) is 11.6 Å². The minimum atomic E-state index is -0.896. The monoisotopic (exact) mass is 297 g/mol. The topological polar surface area (TPSA) is 49.6 Å². The molecule has 1 heterocycles. The first kappa shape index (κ1) is 15.7. The van der Waals surface area contributed by atoms with Gasteiger partial charge in [0.15, 0.2) is 0 Å². The van der Waals surface area contributed by atoms with Crippen molar-refractivity contribution in [1.29, 1.82) is 0 Å². The lowest BCUT2D eigenvalue weighted by Gasteiger charge is -2.36. The zero-order valence-electron chi connectivity index (χ0n) is 12.4. The van der Waals surface area contributed by atoms with Gasteiger partial charge in [-0.25, -0.2) is 8.78 Å². The van der Waals surface area contributed by atoms with Crippen LogP contribution in [-0.4, -0.2) is 48.4 Å². The fraction of sp³-hybridized carbons (Fsp3) is 0.533. The number of amides is 1. The van der Waals surface area contributed by atoms with Crippen LogP contribution < -0.4 is 5.73 Å². The van der Waals surface area contributed by atoms with Gasteiger partial charge in [0.1, 0.15) is 17.3 Å². The van der Waals surface area contributed by atoms with E-state index in [4.69, 9.17) is 5.73 Å². The van der Waals surface area contributed by atoms with Crippen LogP contribution in [-0.2, 0) is 0 Å². The number of nitrogens with two attached hydrogens (primary N) is 1. The van der Waals surface area contributed by atoms with Crippen molar-refractivity contribution in [3.05, 3.63) is 29.3 Å². The van der Waals surface area contributed by atoms with Gasteiger partial charge in [0.25, 0.3) is 5.91 Å². The fourth-order valence-electron chi connectivity index (χ4n) is 2.70. The van der Waals surface area contributed by atoms with E-state index in [-0.39, 0.29) is 17.5 Å². The van der Waals surface area contributed by atoms with E-state index in [1.807, 2.05) is 0 Å². The van der Waals surface area contributed by atoms with E-state index in [0.29, 0.717) is 0 Å². The van der Waals surface area contributed by atoms with Crippen molar-refractivity contribution >= 4 is 11.6 Å². The van der Waals surface area contributed by atoms with Crippen LogP contribution in [0.5, 0.6) is 0 Å². The second kappa shape index (κ2) is 6.39. The summed E-state index contributed by atoms with van der Waals surface area (Å²) in [7, 11) is 1.68. The average Bonchev–Trinajstić information content (AvgIpc) is 2.50. The molecule has 1 fully saturated rings. The molecule has 2 rings (SSSR count). The van der Waals surface area contributed by atoms with Gasteiger partial charge >= 0.3 is 0 Å². The van der Waals surface area contributed by atoms with E-state index in [9.17, 15) is 13.6 Å². The van der Waals surface area contributed by atoms with Gasteiger partial charge in [0.2, 0.25) is 0 Å². The van der Waals surface area contributed by atoms with Crippen molar-refractivity contribution in [3.63, 3.8) is 0 Å². The van der Waals surface area contributed by atoms with E-state index in [2.05, 4.69) is 11.8 Å². The van der Waals surface area contributed by atoms with Crippen molar-refractivity contribution < 1.29 is 13.6 Å². The highest BCUT2D eigenvalue weighted by Crippen LogP contribution is 2.21. The van der Waals surface area contributed by atoms with Gasteiger partial charge in [-0.3, -0.25) is 4.79 Å². The predicted molar refractivity (Wildman–Crippen MR) is 78.0 cm³/mol. The molecule has 4 nitrogen and oxygen atoms in total. The zero-order valence-corrected chi connectivity index (χ0v) is 12.4. The number of hydrogen-bond donors (Lipinski definition) is 1. The molecule has 0 aliphatic carbocycles. The third-order valence-electron chi connectivity index (χ3n) is 4.20. The van der Waals surface area contributed by atoms with Crippen LogP contribution in [0.2, 0.25) is 0 Å². The molecule has 0 aromatic heterocycles. The van der Waals surface area contributed by atoms with E-state index in [1.165, 1.54) is 0 Å². The quantitative estimate of drug-likeness (QED) is 0.869. The maximum absolute atomic E-state index is 13.5. The molecule has 1 aliphatic rings. The molecule has 0 radical (unpaired) electrons. The second-order valence-corrected chi connectivity index (χ2v) is 5.44. The standard InChI is InChI=1S/C15H21F2N3O/c1-3-20-6-4-11(5-7-20)19(2)15(21)10-8-12(16)14(18)13(17)9-10/h8-9,11H,3-7,18H2,1-2H3. The Bertz CT molecular complexity index is 505. The first-order valence-corrected chi connectivity index (χ1v) is 7.18. The summed E-state index contributed by atoms with van der Waals surface area (Å²) in [5, 5.41) is 0. The zero-order chi connectivity index (χ0) is 15.6. The van der Waals surface area contributed by atoms with Crippen LogP contribution in [0.3, 0.4) is 0 Å². The molecule has 1 saturated heterocycles. The normalized spacial score (nSPS) is 17.0. The Morgan fingerprint density at radius 2 is 1.86 bits per heavy atom. The molecule has 0 saturated carbocycles. The molecule has 1 aliphatic heterocycles. The molecule has 1 aromatic rings. The molecule has 6 heteroatoms. The first-order valence-electron chi connectivity index (χ1n) is 7.18. The largest absolute Gasteiger partial charge is 0.394 e. The van der Waals surface area contributed by atoms with E-state index in [0.717, 1.165) is 44.6 Å². The lowest BCUT2D eigenvalue weighted by atomic mass is 10.0. The number of carbonyl (C=O) groups excluding carboxylic acids is 1. The molecule has 2 N–H and O–H groups in total. The average molecular weight is 297 g/mol.